The monoisotopic (exact) mass is 425 g/mol. The van der Waals surface area contributed by atoms with E-state index in [1.54, 1.807) is 6.07 Å². The van der Waals surface area contributed by atoms with Crippen molar-refractivity contribution in [2.24, 2.45) is 10.9 Å². The van der Waals surface area contributed by atoms with Crippen molar-refractivity contribution in [3.63, 3.8) is 0 Å². The Labute approximate surface area is 186 Å². The van der Waals surface area contributed by atoms with Gasteiger partial charge in [0.05, 0.1) is 12.5 Å². The maximum Gasteiger partial charge on any atom is 0.176 e. The van der Waals surface area contributed by atoms with Gasteiger partial charge in [0.15, 0.2) is 23.8 Å². The maximum absolute atomic E-state index is 10.2. The van der Waals surface area contributed by atoms with Gasteiger partial charge in [0.25, 0.3) is 0 Å². The predicted molar refractivity (Wildman–Crippen MR) is 124 cm³/mol. The highest BCUT2D eigenvalue weighted by atomic mass is 16.5. The van der Waals surface area contributed by atoms with Gasteiger partial charge in [-0.25, -0.2) is 0 Å². The smallest absolute Gasteiger partial charge is 0.176 e. The van der Waals surface area contributed by atoms with Crippen molar-refractivity contribution in [1.82, 2.24) is 0 Å². The number of phenolic OH excluding ortho intramolecular Hbond substituents is 1. The third kappa shape index (κ3) is 6.55. The molecule has 2 aliphatic rings. The van der Waals surface area contributed by atoms with E-state index in [1.165, 1.54) is 5.57 Å². The van der Waals surface area contributed by atoms with Crippen molar-refractivity contribution in [3.05, 3.63) is 59.2 Å². The van der Waals surface area contributed by atoms with Crippen molar-refractivity contribution in [1.29, 1.82) is 0 Å². The van der Waals surface area contributed by atoms with E-state index in [2.05, 4.69) is 31.8 Å². The van der Waals surface area contributed by atoms with Crippen LogP contribution in [0.15, 0.2) is 46.5 Å². The van der Waals surface area contributed by atoms with Crippen LogP contribution in [-0.4, -0.2) is 35.7 Å². The Bertz CT molecular complexity index is 812. The number of phenols is 1. The molecule has 168 valence electrons. The number of aliphatic imine (C=N–C) groups is 1. The Morgan fingerprint density at radius 3 is 2.87 bits per heavy atom. The summed E-state index contributed by atoms with van der Waals surface area (Å²) in [4.78, 5) is 4.44. The molecular weight excluding hydrogens is 390 g/mol. The average Bonchev–Trinajstić information content (AvgIpc) is 3.39. The fraction of sp³-hybridized carbons (Fsp3) is 0.500. The van der Waals surface area contributed by atoms with E-state index in [1.807, 2.05) is 24.4 Å². The number of ether oxygens (including phenoxy) is 2. The summed E-state index contributed by atoms with van der Waals surface area (Å²) in [6.07, 6.45) is 12.4. The van der Waals surface area contributed by atoms with Crippen LogP contribution in [0.5, 0.6) is 11.5 Å². The number of nitrogens with zero attached hydrogens (tertiary/aromatic N) is 1. The summed E-state index contributed by atoms with van der Waals surface area (Å²) in [5.74, 6) is 1.11. The normalized spacial score (nSPS) is 18.2. The Morgan fingerprint density at radius 2 is 2.16 bits per heavy atom. The second-order valence-corrected chi connectivity index (χ2v) is 8.54. The highest BCUT2D eigenvalue weighted by Gasteiger charge is 2.23. The number of aryl methyl sites for hydroxylation is 1. The number of unbranched alkanes of at least 4 members (excludes halogenated alkanes) is 1. The molecule has 1 atom stereocenters. The average molecular weight is 426 g/mol. The van der Waals surface area contributed by atoms with Crippen LogP contribution >= 0.6 is 0 Å². The van der Waals surface area contributed by atoms with E-state index in [4.69, 9.17) is 9.47 Å². The first kappa shape index (κ1) is 23.3. The molecule has 5 heteroatoms. The van der Waals surface area contributed by atoms with Crippen LogP contribution in [0.2, 0.25) is 0 Å². The number of hydrogen-bond acceptors (Lipinski definition) is 5. The fourth-order valence-corrected chi connectivity index (χ4v) is 3.74. The molecule has 2 heterocycles. The molecule has 0 saturated carbocycles. The van der Waals surface area contributed by atoms with Crippen LogP contribution < -0.4 is 4.74 Å². The number of allylic oxidation sites excluding steroid dienone is 1. The Balaban J connectivity index is 1.48. The lowest BCUT2D eigenvalue weighted by atomic mass is 10.0. The molecule has 1 unspecified atom stereocenters. The maximum atomic E-state index is 10.2. The minimum atomic E-state index is 0.0136. The molecule has 0 radical (unpaired) electrons. The van der Waals surface area contributed by atoms with Crippen LogP contribution in [-0.2, 0) is 11.2 Å². The minimum absolute atomic E-state index is 0.0136. The summed E-state index contributed by atoms with van der Waals surface area (Å²) in [6, 6.07) is 6.50. The van der Waals surface area contributed by atoms with Gasteiger partial charge in [-0.2, -0.15) is 11.6 Å². The van der Waals surface area contributed by atoms with Crippen LogP contribution in [0, 0.1) is 18.1 Å². The number of aliphatic hydroxyl groups excluding tert-OH is 1. The Kier molecular flexibility index (Phi) is 8.50. The lowest BCUT2D eigenvalue weighted by Crippen LogP contribution is -2.13. The molecule has 0 aliphatic carbocycles. The Hall–Kier alpha value is -2.37. The van der Waals surface area contributed by atoms with Gasteiger partial charge in [0, 0.05) is 18.6 Å². The standard InChI is InChI=1S/C26H35NO4/c1-4-5-6-25-21(17-28)15-23(31-25)9-7-19-8-10-24(29)26(13-19)30-12-11-22-14-20(16-27-22)18(2)3/h8,10,13-16,18,25,28-29H,4-7,9,11-12,17H2,1-3H3. The molecule has 2 aliphatic heterocycles. The zero-order chi connectivity index (χ0) is 22.2. The summed E-state index contributed by atoms with van der Waals surface area (Å²) >= 11 is 0. The van der Waals surface area contributed by atoms with E-state index in [9.17, 15) is 10.2 Å². The van der Waals surface area contributed by atoms with Crippen LogP contribution in [0.3, 0.4) is 0 Å². The summed E-state index contributed by atoms with van der Waals surface area (Å²) < 4.78 is 11.9. The van der Waals surface area contributed by atoms with Gasteiger partial charge < -0.3 is 19.7 Å². The predicted octanol–water partition coefficient (Wildman–Crippen LogP) is 5.33. The number of rotatable bonds is 12. The molecule has 1 aromatic carbocycles. The minimum Gasteiger partial charge on any atom is -0.504 e. The molecule has 0 saturated heterocycles. The summed E-state index contributed by atoms with van der Waals surface area (Å²) in [6.45, 7) is 6.98. The zero-order valence-corrected chi connectivity index (χ0v) is 18.9. The highest BCUT2D eigenvalue weighted by Crippen LogP contribution is 2.33. The molecule has 2 N–H and O–H groups in total. The number of benzene rings is 1. The van der Waals surface area contributed by atoms with Crippen molar-refractivity contribution < 1.29 is 19.7 Å². The van der Waals surface area contributed by atoms with Gasteiger partial charge in [-0.3, -0.25) is 0 Å². The molecule has 3 rings (SSSR count). The summed E-state index contributed by atoms with van der Waals surface area (Å²) in [5, 5.41) is 19.8. The molecule has 0 fully saturated rings. The van der Waals surface area contributed by atoms with Gasteiger partial charge in [-0.1, -0.05) is 38.4 Å². The third-order valence-corrected chi connectivity index (χ3v) is 5.74. The van der Waals surface area contributed by atoms with E-state index < -0.39 is 0 Å². The lowest BCUT2D eigenvalue weighted by Gasteiger charge is -2.24. The highest BCUT2D eigenvalue weighted by molar-refractivity contribution is 5.83. The molecule has 0 bridgehead atoms. The van der Waals surface area contributed by atoms with E-state index in [-0.39, 0.29) is 18.5 Å². The second kappa shape index (κ2) is 11.3. The Morgan fingerprint density at radius 1 is 1.32 bits per heavy atom. The van der Waals surface area contributed by atoms with Gasteiger partial charge in [-0.05, 0) is 44.4 Å². The molecule has 0 spiro atoms. The van der Waals surface area contributed by atoms with Crippen LogP contribution in [0.1, 0.15) is 58.4 Å². The SMILES string of the molecule is CCCCC1O[C-](CCc2ccc(O)c(OCC[C+]3C=C(C(C)C)C=N3)c2)C=C1CO. The zero-order valence-electron chi connectivity index (χ0n) is 18.9. The third-order valence-electron chi connectivity index (χ3n) is 5.74. The number of hydrogen-bond donors (Lipinski definition) is 2. The van der Waals surface area contributed by atoms with Gasteiger partial charge in [0.2, 0.25) is 0 Å². The van der Waals surface area contributed by atoms with Crippen molar-refractivity contribution in [2.75, 3.05) is 13.2 Å². The van der Waals surface area contributed by atoms with Gasteiger partial charge in [0.1, 0.15) is 12.2 Å². The first-order valence-electron chi connectivity index (χ1n) is 11.4. The second-order valence-electron chi connectivity index (χ2n) is 8.54. The number of aliphatic hydroxyl groups is 1. The van der Waals surface area contributed by atoms with E-state index >= 15 is 0 Å². The lowest BCUT2D eigenvalue weighted by molar-refractivity contribution is 0.103. The quantitative estimate of drug-likeness (QED) is 0.444. The van der Waals surface area contributed by atoms with Crippen LogP contribution in [0.25, 0.3) is 0 Å². The van der Waals surface area contributed by atoms with Crippen LogP contribution in [0.4, 0.5) is 0 Å². The van der Waals surface area contributed by atoms with Crippen molar-refractivity contribution in [3.8, 4) is 11.5 Å². The molecule has 5 nitrogen and oxygen atoms in total. The number of aromatic hydroxyl groups is 1. The van der Waals surface area contributed by atoms with E-state index in [0.717, 1.165) is 55.4 Å². The fourth-order valence-electron chi connectivity index (χ4n) is 3.74. The molecule has 0 amide bonds. The first-order chi connectivity index (χ1) is 15.0. The summed E-state index contributed by atoms with van der Waals surface area (Å²) in [7, 11) is 0. The molecular formula is C26H35NO4. The van der Waals surface area contributed by atoms with E-state index in [0.29, 0.717) is 24.7 Å². The van der Waals surface area contributed by atoms with Crippen molar-refractivity contribution in [2.45, 2.75) is 65.4 Å². The van der Waals surface area contributed by atoms with Crippen molar-refractivity contribution >= 4 is 6.21 Å². The van der Waals surface area contributed by atoms with Gasteiger partial charge >= 0.3 is 0 Å². The summed E-state index contributed by atoms with van der Waals surface area (Å²) in [5.41, 5.74) is 3.29. The molecule has 1 aromatic rings. The van der Waals surface area contributed by atoms with Gasteiger partial charge in [-0.15, -0.1) is 4.99 Å². The first-order valence-corrected chi connectivity index (χ1v) is 11.4. The largest absolute Gasteiger partial charge is 0.504 e. The molecule has 31 heavy (non-hydrogen) atoms. The molecule has 0 aromatic heterocycles. The topological polar surface area (TPSA) is 71.3 Å².